The lowest BCUT2D eigenvalue weighted by Gasteiger charge is -2.36. The third-order valence-electron chi connectivity index (χ3n) is 6.70. The predicted octanol–water partition coefficient (Wildman–Crippen LogP) is 3.56. The molecular weight excluding hydrogens is 434 g/mol. The van der Waals surface area contributed by atoms with Gasteiger partial charge in [0.15, 0.2) is 11.5 Å². The number of piperidine rings is 1. The maximum atomic E-state index is 13.2. The van der Waals surface area contributed by atoms with Crippen molar-refractivity contribution in [3.63, 3.8) is 0 Å². The summed E-state index contributed by atoms with van der Waals surface area (Å²) in [6, 6.07) is 12.9. The summed E-state index contributed by atoms with van der Waals surface area (Å²) < 4.78 is 10.7. The zero-order chi connectivity index (χ0) is 23.7. The molecule has 0 bridgehead atoms. The Morgan fingerprint density at radius 1 is 1.03 bits per heavy atom. The van der Waals surface area contributed by atoms with Crippen molar-refractivity contribution < 1.29 is 23.9 Å². The minimum Gasteiger partial charge on any atom is -0.454 e. The maximum absolute atomic E-state index is 13.2. The summed E-state index contributed by atoms with van der Waals surface area (Å²) in [4.78, 5) is 41.6. The maximum Gasteiger partial charge on any atom is 0.231 e. The number of benzene rings is 2. The van der Waals surface area contributed by atoms with Gasteiger partial charge in [0.1, 0.15) is 0 Å². The van der Waals surface area contributed by atoms with E-state index < -0.39 is 0 Å². The van der Waals surface area contributed by atoms with E-state index in [2.05, 4.69) is 5.32 Å². The van der Waals surface area contributed by atoms with Gasteiger partial charge in [0.05, 0.1) is 12.5 Å². The average Bonchev–Trinajstić information content (AvgIpc) is 3.32. The first-order chi connectivity index (χ1) is 16.5. The molecule has 8 nitrogen and oxygen atoms in total. The standard InChI is InChI=1S/C26H27N3O5/c1-17(30)29-13-10-18-4-2-3-5-21(18)22(29)15-25(31)28-11-8-19(9-12-28)26(32)27-20-6-7-23-24(14-20)34-16-33-23/h2-7,10,13-14,19,22H,8-9,11-12,15-16H2,1H3,(H,27,32)/t22-/m1/s1. The van der Waals surface area contributed by atoms with Crippen LogP contribution in [0.1, 0.15) is 43.4 Å². The summed E-state index contributed by atoms with van der Waals surface area (Å²) in [6.45, 7) is 2.73. The fraction of sp³-hybridized carbons (Fsp3) is 0.346. The largest absolute Gasteiger partial charge is 0.454 e. The molecule has 1 N–H and O–H groups in total. The van der Waals surface area contributed by atoms with Gasteiger partial charge in [-0.2, -0.15) is 0 Å². The molecule has 1 saturated heterocycles. The molecule has 1 atom stereocenters. The number of hydrogen-bond donors (Lipinski definition) is 1. The molecule has 3 aliphatic rings. The van der Waals surface area contributed by atoms with Crippen LogP contribution in [0.5, 0.6) is 11.5 Å². The lowest BCUT2D eigenvalue weighted by atomic mass is 9.92. The third-order valence-corrected chi connectivity index (χ3v) is 6.70. The van der Waals surface area contributed by atoms with Crippen LogP contribution in [-0.4, -0.2) is 47.4 Å². The van der Waals surface area contributed by atoms with Gasteiger partial charge >= 0.3 is 0 Å². The highest BCUT2D eigenvalue weighted by molar-refractivity contribution is 5.93. The van der Waals surface area contributed by atoms with Gasteiger partial charge in [0.25, 0.3) is 0 Å². The Kier molecular flexibility index (Phi) is 5.96. The van der Waals surface area contributed by atoms with Crippen molar-refractivity contribution in [2.75, 3.05) is 25.2 Å². The second-order valence-electron chi connectivity index (χ2n) is 8.80. The molecule has 0 aromatic heterocycles. The topological polar surface area (TPSA) is 88.2 Å². The number of amides is 3. The number of likely N-dealkylation sites (tertiary alicyclic amines) is 1. The van der Waals surface area contributed by atoms with E-state index in [0.29, 0.717) is 43.1 Å². The molecule has 8 heteroatoms. The van der Waals surface area contributed by atoms with Gasteiger partial charge in [-0.05, 0) is 42.2 Å². The number of anilines is 1. The van der Waals surface area contributed by atoms with Crippen LogP contribution < -0.4 is 14.8 Å². The van der Waals surface area contributed by atoms with Gasteiger partial charge in [-0.15, -0.1) is 0 Å². The number of nitrogens with one attached hydrogen (secondary N) is 1. The number of rotatable bonds is 4. The van der Waals surface area contributed by atoms with E-state index >= 15 is 0 Å². The normalized spacial score (nSPS) is 19.0. The SMILES string of the molecule is CC(=O)N1C=Cc2ccccc2[C@H]1CC(=O)N1CCC(C(=O)Nc2ccc3c(c2)OCO3)CC1. The van der Waals surface area contributed by atoms with E-state index in [0.717, 1.165) is 11.1 Å². The van der Waals surface area contributed by atoms with Crippen molar-refractivity contribution in [3.05, 3.63) is 59.8 Å². The molecule has 0 aliphatic carbocycles. The van der Waals surface area contributed by atoms with E-state index in [4.69, 9.17) is 9.47 Å². The van der Waals surface area contributed by atoms with E-state index in [1.54, 1.807) is 29.3 Å². The number of ether oxygens (including phenoxy) is 2. The molecule has 0 spiro atoms. The van der Waals surface area contributed by atoms with Crippen molar-refractivity contribution in [1.29, 1.82) is 0 Å². The van der Waals surface area contributed by atoms with Gasteiger partial charge in [0.2, 0.25) is 24.5 Å². The number of carbonyl (C=O) groups is 3. The smallest absolute Gasteiger partial charge is 0.231 e. The summed E-state index contributed by atoms with van der Waals surface area (Å²) in [7, 11) is 0. The molecule has 2 aromatic carbocycles. The minimum absolute atomic E-state index is 0.00372. The summed E-state index contributed by atoms with van der Waals surface area (Å²) in [5.74, 6) is 0.973. The summed E-state index contributed by atoms with van der Waals surface area (Å²) >= 11 is 0. The Morgan fingerprint density at radius 2 is 1.79 bits per heavy atom. The molecular formula is C26H27N3O5. The Hall–Kier alpha value is -3.81. The van der Waals surface area contributed by atoms with E-state index in [-0.39, 0.29) is 42.9 Å². The summed E-state index contributed by atoms with van der Waals surface area (Å²) in [5.41, 5.74) is 2.67. The molecule has 0 saturated carbocycles. The lowest BCUT2D eigenvalue weighted by molar-refractivity contribution is -0.137. The molecule has 3 heterocycles. The Balaban J connectivity index is 1.18. The predicted molar refractivity (Wildman–Crippen MR) is 126 cm³/mol. The highest BCUT2D eigenvalue weighted by atomic mass is 16.7. The zero-order valence-corrected chi connectivity index (χ0v) is 19.0. The monoisotopic (exact) mass is 461 g/mol. The molecule has 5 rings (SSSR count). The van der Waals surface area contributed by atoms with Crippen LogP contribution in [0.25, 0.3) is 6.08 Å². The second-order valence-corrected chi connectivity index (χ2v) is 8.80. The quantitative estimate of drug-likeness (QED) is 0.752. The highest BCUT2D eigenvalue weighted by Gasteiger charge is 2.32. The molecule has 3 aliphatic heterocycles. The van der Waals surface area contributed by atoms with Gasteiger partial charge < -0.3 is 24.6 Å². The fourth-order valence-corrected chi connectivity index (χ4v) is 4.82. The van der Waals surface area contributed by atoms with E-state index in [1.165, 1.54) is 6.92 Å². The van der Waals surface area contributed by atoms with Crippen LogP contribution in [0.4, 0.5) is 5.69 Å². The van der Waals surface area contributed by atoms with Crippen molar-refractivity contribution >= 4 is 29.5 Å². The number of fused-ring (bicyclic) bond motifs is 2. The van der Waals surface area contributed by atoms with Crippen molar-refractivity contribution in [2.45, 2.75) is 32.2 Å². The first-order valence-electron chi connectivity index (χ1n) is 11.5. The Labute approximate surface area is 198 Å². The van der Waals surface area contributed by atoms with Gasteiger partial charge in [-0.3, -0.25) is 14.4 Å². The van der Waals surface area contributed by atoms with Crippen molar-refractivity contribution in [2.24, 2.45) is 5.92 Å². The third kappa shape index (κ3) is 4.35. The lowest BCUT2D eigenvalue weighted by Crippen LogP contribution is -2.43. The number of nitrogens with zero attached hydrogens (tertiary/aromatic N) is 2. The highest BCUT2D eigenvalue weighted by Crippen LogP contribution is 2.35. The van der Waals surface area contributed by atoms with Gasteiger partial charge in [-0.25, -0.2) is 0 Å². The molecule has 3 amide bonds. The van der Waals surface area contributed by atoms with Crippen molar-refractivity contribution in [1.82, 2.24) is 9.80 Å². The molecule has 34 heavy (non-hydrogen) atoms. The first kappa shape index (κ1) is 22.0. The first-order valence-corrected chi connectivity index (χ1v) is 11.5. The Bertz CT molecular complexity index is 1150. The molecule has 2 aromatic rings. The van der Waals surface area contributed by atoms with Crippen LogP contribution in [0.15, 0.2) is 48.7 Å². The minimum atomic E-state index is -0.321. The Morgan fingerprint density at radius 3 is 2.59 bits per heavy atom. The van der Waals surface area contributed by atoms with Crippen molar-refractivity contribution in [3.8, 4) is 11.5 Å². The van der Waals surface area contributed by atoms with Gasteiger partial charge in [-0.1, -0.05) is 24.3 Å². The second kappa shape index (κ2) is 9.21. The molecule has 0 radical (unpaired) electrons. The fourth-order valence-electron chi connectivity index (χ4n) is 4.82. The van der Waals surface area contributed by atoms with E-state index in [1.807, 2.05) is 35.2 Å². The molecule has 1 fully saturated rings. The molecule has 0 unspecified atom stereocenters. The molecule has 176 valence electrons. The summed E-state index contributed by atoms with van der Waals surface area (Å²) in [6.07, 6.45) is 5.08. The number of carbonyl (C=O) groups excluding carboxylic acids is 3. The number of hydrogen-bond acceptors (Lipinski definition) is 5. The van der Waals surface area contributed by atoms with Crippen LogP contribution in [-0.2, 0) is 14.4 Å². The zero-order valence-electron chi connectivity index (χ0n) is 19.0. The average molecular weight is 462 g/mol. The van der Waals surface area contributed by atoms with Crippen LogP contribution in [0, 0.1) is 5.92 Å². The van der Waals surface area contributed by atoms with Crippen LogP contribution in [0.2, 0.25) is 0 Å². The van der Waals surface area contributed by atoms with Gasteiger partial charge in [0, 0.05) is 43.9 Å². The van der Waals surface area contributed by atoms with Crippen LogP contribution >= 0.6 is 0 Å². The summed E-state index contributed by atoms with van der Waals surface area (Å²) in [5, 5.41) is 2.95. The van der Waals surface area contributed by atoms with Crippen LogP contribution in [0.3, 0.4) is 0 Å². The van der Waals surface area contributed by atoms with E-state index in [9.17, 15) is 14.4 Å².